The van der Waals surface area contributed by atoms with Crippen LogP contribution in [0.4, 0.5) is 0 Å². The zero-order valence-electron chi connectivity index (χ0n) is 19.5. The SMILES string of the molecule is CCCCCOc1ccc(/C(O)=C2/C(=O)C(=O)N(Cc3ccco3)C2c2ccccc2C)cc1. The summed E-state index contributed by atoms with van der Waals surface area (Å²) in [4.78, 5) is 27.7. The lowest BCUT2D eigenvalue weighted by atomic mass is 9.92. The van der Waals surface area contributed by atoms with E-state index in [0.717, 1.165) is 30.4 Å². The average molecular weight is 460 g/mol. The lowest BCUT2D eigenvalue weighted by molar-refractivity contribution is -0.140. The lowest BCUT2D eigenvalue weighted by Gasteiger charge is -2.25. The van der Waals surface area contributed by atoms with Crippen molar-refractivity contribution in [2.45, 2.75) is 45.7 Å². The van der Waals surface area contributed by atoms with Gasteiger partial charge >= 0.3 is 0 Å². The van der Waals surface area contributed by atoms with Crippen LogP contribution in [0.25, 0.3) is 5.76 Å². The first-order valence-corrected chi connectivity index (χ1v) is 11.6. The highest BCUT2D eigenvalue weighted by Gasteiger charge is 2.46. The molecule has 1 N–H and O–H groups in total. The van der Waals surface area contributed by atoms with Crippen molar-refractivity contribution in [1.29, 1.82) is 0 Å². The Hall–Kier alpha value is -3.80. The number of Topliss-reactive ketones (excluding diaryl/α,β-unsaturated/α-hetero) is 1. The topological polar surface area (TPSA) is 80.0 Å². The van der Waals surface area contributed by atoms with E-state index in [4.69, 9.17) is 9.15 Å². The average Bonchev–Trinajstić information content (AvgIpc) is 3.45. The molecule has 176 valence electrons. The van der Waals surface area contributed by atoms with Gasteiger partial charge in [-0.25, -0.2) is 0 Å². The van der Waals surface area contributed by atoms with E-state index in [0.29, 0.717) is 23.7 Å². The molecule has 1 aromatic heterocycles. The Morgan fingerprint density at radius 3 is 2.47 bits per heavy atom. The fraction of sp³-hybridized carbons (Fsp3) is 0.286. The van der Waals surface area contributed by atoms with Gasteiger partial charge < -0.3 is 19.2 Å². The number of benzene rings is 2. The van der Waals surface area contributed by atoms with Crippen LogP contribution in [0.3, 0.4) is 0 Å². The Kier molecular flexibility index (Phi) is 7.16. The van der Waals surface area contributed by atoms with Gasteiger partial charge in [-0.05, 0) is 60.9 Å². The number of hydrogen-bond donors (Lipinski definition) is 1. The van der Waals surface area contributed by atoms with Crippen LogP contribution >= 0.6 is 0 Å². The molecule has 34 heavy (non-hydrogen) atoms. The maximum atomic E-state index is 13.2. The van der Waals surface area contributed by atoms with E-state index in [-0.39, 0.29) is 17.9 Å². The molecule has 0 aliphatic carbocycles. The van der Waals surface area contributed by atoms with Crippen LogP contribution in [-0.4, -0.2) is 28.3 Å². The summed E-state index contributed by atoms with van der Waals surface area (Å²) in [6.45, 7) is 4.81. The van der Waals surface area contributed by atoms with E-state index in [2.05, 4.69) is 6.92 Å². The number of amides is 1. The number of hydrogen-bond acceptors (Lipinski definition) is 5. The molecule has 4 rings (SSSR count). The van der Waals surface area contributed by atoms with Crippen LogP contribution in [0.15, 0.2) is 76.9 Å². The van der Waals surface area contributed by atoms with Crippen molar-refractivity contribution in [3.05, 3.63) is 95.0 Å². The molecule has 0 saturated carbocycles. The number of furan rings is 1. The highest BCUT2D eigenvalue weighted by Crippen LogP contribution is 2.41. The molecule has 2 aromatic carbocycles. The largest absolute Gasteiger partial charge is 0.507 e. The molecule has 0 radical (unpaired) electrons. The van der Waals surface area contributed by atoms with Gasteiger partial charge in [0, 0.05) is 5.56 Å². The molecule has 1 aliphatic heterocycles. The molecule has 1 amide bonds. The minimum Gasteiger partial charge on any atom is -0.507 e. The van der Waals surface area contributed by atoms with Gasteiger partial charge in [-0.2, -0.15) is 0 Å². The van der Waals surface area contributed by atoms with Gasteiger partial charge in [0.15, 0.2) is 0 Å². The fourth-order valence-corrected chi connectivity index (χ4v) is 4.24. The molecule has 1 aliphatic rings. The highest BCUT2D eigenvalue weighted by molar-refractivity contribution is 6.46. The van der Waals surface area contributed by atoms with E-state index < -0.39 is 17.7 Å². The first-order chi connectivity index (χ1) is 16.5. The molecule has 0 spiro atoms. The minimum atomic E-state index is -0.726. The number of aliphatic hydroxyl groups is 1. The Morgan fingerprint density at radius 1 is 1.03 bits per heavy atom. The van der Waals surface area contributed by atoms with Gasteiger partial charge in [0.2, 0.25) is 0 Å². The van der Waals surface area contributed by atoms with E-state index in [9.17, 15) is 14.7 Å². The summed E-state index contributed by atoms with van der Waals surface area (Å²) in [7, 11) is 0. The molecule has 3 aromatic rings. The highest BCUT2D eigenvalue weighted by atomic mass is 16.5. The van der Waals surface area contributed by atoms with E-state index in [1.807, 2.05) is 31.2 Å². The number of carbonyl (C=O) groups is 2. The maximum Gasteiger partial charge on any atom is 0.296 e. The number of carbonyl (C=O) groups excluding carboxylic acids is 2. The number of aliphatic hydroxyl groups excluding tert-OH is 1. The fourth-order valence-electron chi connectivity index (χ4n) is 4.24. The minimum absolute atomic E-state index is 0.0717. The maximum absolute atomic E-state index is 13.2. The van der Waals surface area contributed by atoms with Gasteiger partial charge in [0.05, 0.1) is 31.0 Å². The third kappa shape index (κ3) is 4.76. The molecule has 6 nitrogen and oxygen atoms in total. The Morgan fingerprint density at radius 2 is 1.79 bits per heavy atom. The zero-order chi connectivity index (χ0) is 24.1. The van der Waals surface area contributed by atoms with Crippen molar-refractivity contribution in [3.8, 4) is 5.75 Å². The standard InChI is InChI=1S/C28H29NO5/c1-3-4-7-16-33-21-14-12-20(13-15-21)26(30)24-25(23-11-6-5-9-19(23)2)29(28(32)27(24)31)18-22-10-8-17-34-22/h5-6,8-15,17,25,30H,3-4,7,16,18H2,1-2H3/b26-24-. The second kappa shape index (κ2) is 10.4. The number of rotatable bonds is 9. The van der Waals surface area contributed by atoms with Gasteiger partial charge in [0.1, 0.15) is 17.3 Å². The molecular weight excluding hydrogens is 430 g/mol. The third-order valence-electron chi connectivity index (χ3n) is 6.07. The van der Waals surface area contributed by atoms with Crippen LogP contribution in [0.1, 0.15) is 54.7 Å². The number of ketones is 1. The van der Waals surface area contributed by atoms with Crippen molar-refractivity contribution in [2.24, 2.45) is 0 Å². The van der Waals surface area contributed by atoms with Crippen molar-refractivity contribution in [3.63, 3.8) is 0 Å². The molecule has 1 unspecified atom stereocenters. The summed E-state index contributed by atoms with van der Waals surface area (Å²) in [5, 5.41) is 11.2. The van der Waals surface area contributed by atoms with Gasteiger partial charge in [-0.1, -0.05) is 44.0 Å². The smallest absolute Gasteiger partial charge is 0.296 e. The van der Waals surface area contributed by atoms with Gasteiger partial charge in [-0.3, -0.25) is 9.59 Å². The molecular formula is C28H29NO5. The van der Waals surface area contributed by atoms with Crippen LogP contribution in [0.2, 0.25) is 0 Å². The number of ether oxygens (including phenoxy) is 1. The number of aryl methyl sites for hydroxylation is 1. The number of nitrogens with zero attached hydrogens (tertiary/aromatic N) is 1. The zero-order valence-corrected chi connectivity index (χ0v) is 19.5. The second-order valence-electron chi connectivity index (χ2n) is 8.44. The predicted molar refractivity (Wildman–Crippen MR) is 129 cm³/mol. The van der Waals surface area contributed by atoms with Crippen LogP contribution in [-0.2, 0) is 16.1 Å². The Balaban J connectivity index is 1.71. The summed E-state index contributed by atoms with van der Waals surface area (Å²) in [5.41, 5.74) is 2.23. The van der Waals surface area contributed by atoms with Crippen molar-refractivity contribution in [2.75, 3.05) is 6.61 Å². The van der Waals surface area contributed by atoms with Crippen LogP contribution in [0, 0.1) is 6.92 Å². The van der Waals surface area contributed by atoms with Gasteiger partial charge in [0.25, 0.3) is 11.7 Å². The molecule has 6 heteroatoms. The third-order valence-corrected chi connectivity index (χ3v) is 6.07. The van der Waals surface area contributed by atoms with Crippen LogP contribution < -0.4 is 4.74 Å². The van der Waals surface area contributed by atoms with E-state index >= 15 is 0 Å². The van der Waals surface area contributed by atoms with E-state index in [1.165, 1.54) is 11.2 Å². The van der Waals surface area contributed by atoms with Gasteiger partial charge in [-0.15, -0.1) is 0 Å². The molecule has 2 heterocycles. The molecule has 1 fully saturated rings. The predicted octanol–water partition coefficient (Wildman–Crippen LogP) is 5.78. The van der Waals surface area contributed by atoms with Crippen molar-refractivity contribution in [1.82, 2.24) is 4.90 Å². The summed E-state index contributed by atoms with van der Waals surface area (Å²) in [6, 6.07) is 17.3. The molecule has 0 bridgehead atoms. The monoisotopic (exact) mass is 459 g/mol. The van der Waals surface area contributed by atoms with Crippen molar-refractivity contribution < 1.29 is 23.8 Å². The first-order valence-electron chi connectivity index (χ1n) is 11.6. The Bertz CT molecular complexity index is 1180. The molecule has 1 atom stereocenters. The summed E-state index contributed by atoms with van der Waals surface area (Å²) >= 11 is 0. The summed E-state index contributed by atoms with van der Waals surface area (Å²) in [6.07, 6.45) is 4.74. The second-order valence-corrected chi connectivity index (χ2v) is 8.44. The van der Waals surface area contributed by atoms with E-state index in [1.54, 1.807) is 36.4 Å². The summed E-state index contributed by atoms with van der Waals surface area (Å²) in [5.74, 6) is -0.322. The number of likely N-dealkylation sites (tertiary alicyclic amines) is 1. The lowest BCUT2D eigenvalue weighted by Crippen LogP contribution is -2.29. The quantitative estimate of drug-likeness (QED) is 0.190. The van der Waals surface area contributed by atoms with Crippen molar-refractivity contribution >= 4 is 17.4 Å². The number of unbranched alkanes of at least 4 members (excludes halogenated alkanes) is 2. The van der Waals surface area contributed by atoms with Crippen LogP contribution in [0.5, 0.6) is 5.75 Å². The normalized spacial score (nSPS) is 17.4. The first kappa shape index (κ1) is 23.4. The molecule has 1 saturated heterocycles. The Labute approximate surface area is 199 Å². The summed E-state index contributed by atoms with van der Waals surface area (Å²) < 4.78 is 11.2.